The number of carbonyl (C=O) groups is 2. The molecule has 39 heavy (non-hydrogen) atoms. The van der Waals surface area contributed by atoms with Crippen molar-refractivity contribution < 1.29 is 23.8 Å². The lowest BCUT2D eigenvalue weighted by Crippen LogP contribution is -2.37. The van der Waals surface area contributed by atoms with E-state index in [9.17, 15) is 14.7 Å². The summed E-state index contributed by atoms with van der Waals surface area (Å²) in [5.41, 5.74) is 4.66. The molecule has 1 heterocycles. The summed E-state index contributed by atoms with van der Waals surface area (Å²) >= 11 is 0. The quantitative estimate of drug-likeness (QED) is 0.174. The van der Waals surface area contributed by atoms with Gasteiger partial charge in [-0.25, -0.2) is 9.78 Å². The first kappa shape index (κ1) is 27.4. The summed E-state index contributed by atoms with van der Waals surface area (Å²) in [6, 6.07) is 23.5. The highest BCUT2D eigenvalue weighted by molar-refractivity contribution is 6.05. The number of aromatic nitrogens is 1. The monoisotopic (exact) mass is 524 g/mol. The molecule has 200 valence electrons. The maximum atomic E-state index is 12.5. The van der Waals surface area contributed by atoms with Crippen LogP contribution in [0.1, 0.15) is 39.9 Å². The summed E-state index contributed by atoms with van der Waals surface area (Å²) in [4.78, 5) is 29.0. The average molecular weight is 525 g/mol. The molecule has 7 heteroatoms. The molecular weight excluding hydrogens is 492 g/mol. The van der Waals surface area contributed by atoms with Gasteiger partial charge in [-0.3, -0.25) is 4.79 Å². The van der Waals surface area contributed by atoms with Crippen molar-refractivity contribution in [2.45, 2.75) is 39.7 Å². The number of oxazole rings is 1. The first-order valence-electron chi connectivity index (χ1n) is 12.8. The van der Waals surface area contributed by atoms with Crippen LogP contribution in [-0.4, -0.2) is 34.5 Å². The first-order chi connectivity index (χ1) is 18.8. The molecule has 3 aromatic carbocycles. The Morgan fingerprint density at radius 2 is 1.77 bits per heavy atom. The van der Waals surface area contributed by atoms with Crippen molar-refractivity contribution in [1.82, 2.24) is 10.3 Å². The molecule has 0 fully saturated rings. The lowest BCUT2D eigenvalue weighted by atomic mass is 10.0. The minimum Gasteiger partial charge on any atom is -0.493 e. The predicted octanol–water partition coefficient (Wildman–Crippen LogP) is 5.95. The fourth-order valence-electron chi connectivity index (χ4n) is 4.18. The Hall–Kier alpha value is -4.65. The van der Waals surface area contributed by atoms with Crippen LogP contribution in [-0.2, 0) is 17.6 Å². The molecular formula is C32H32N2O5. The van der Waals surface area contributed by atoms with E-state index in [0.717, 1.165) is 28.1 Å². The van der Waals surface area contributed by atoms with Crippen LogP contribution in [0.15, 0.2) is 95.1 Å². The highest BCUT2D eigenvalue weighted by Gasteiger charge is 2.18. The number of carboxylic acids is 1. The number of rotatable bonds is 12. The maximum Gasteiger partial charge on any atom is 0.326 e. The zero-order valence-electron chi connectivity index (χ0n) is 22.3. The van der Waals surface area contributed by atoms with E-state index in [2.05, 4.69) is 10.3 Å². The normalized spacial score (nSPS) is 12.1. The summed E-state index contributed by atoms with van der Waals surface area (Å²) in [5, 5.41) is 12.7. The van der Waals surface area contributed by atoms with E-state index < -0.39 is 12.0 Å². The Morgan fingerprint density at radius 3 is 2.46 bits per heavy atom. The van der Waals surface area contributed by atoms with E-state index in [-0.39, 0.29) is 12.2 Å². The average Bonchev–Trinajstić information content (AvgIpc) is 3.30. The zero-order valence-corrected chi connectivity index (χ0v) is 22.3. The second kappa shape index (κ2) is 12.7. The number of nitrogens with zero attached hydrogens (tertiary/aromatic N) is 1. The number of ketones is 1. The van der Waals surface area contributed by atoms with Crippen molar-refractivity contribution in [1.29, 1.82) is 0 Å². The Bertz CT molecular complexity index is 1460. The second-order valence-corrected chi connectivity index (χ2v) is 9.43. The van der Waals surface area contributed by atoms with Crippen LogP contribution < -0.4 is 10.1 Å². The van der Waals surface area contributed by atoms with Gasteiger partial charge in [0.15, 0.2) is 5.78 Å². The van der Waals surface area contributed by atoms with E-state index in [1.165, 1.54) is 6.08 Å². The van der Waals surface area contributed by atoms with Crippen LogP contribution in [0.4, 0.5) is 0 Å². The third-order valence-corrected chi connectivity index (χ3v) is 6.23. The molecule has 0 amide bonds. The van der Waals surface area contributed by atoms with E-state index in [4.69, 9.17) is 9.15 Å². The van der Waals surface area contributed by atoms with Crippen molar-refractivity contribution in [2.75, 3.05) is 6.61 Å². The summed E-state index contributed by atoms with van der Waals surface area (Å²) in [7, 11) is 0. The maximum absolute atomic E-state index is 12.5. The van der Waals surface area contributed by atoms with Crippen LogP contribution in [0.5, 0.6) is 5.75 Å². The third-order valence-electron chi connectivity index (χ3n) is 6.23. The van der Waals surface area contributed by atoms with Crippen molar-refractivity contribution >= 4 is 11.8 Å². The van der Waals surface area contributed by atoms with Gasteiger partial charge in [-0.05, 0) is 56.7 Å². The van der Waals surface area contributed by atoms with Gasteiger partial charge < -0.3 is 19.6 Å². The van der Waals surface area contributed by atoms with Gasteiger partial charge in [0.1, 0.15) is 17.6 Å². The van der Waals surface area contributed by atoms with Gasteiger partial charge in [0.25, 0.3) is 0 Å². The molecule has 2 N–H and O–H groups in total. The van der Waals surface area contributed by atoms with E-state index in [1.807, 2.05) is 80.6 Å². The number of nitrogens with one attached hydrogen (secondary N) is 1. The molecule has 0 aliphatic carbocycles. The Morgan fingerprint density at radius 1 is 1.03 bits per heavy atom. The molecule has 4 aromatic rings. The second-order valence-electron chi connectivity index (χ2n) is 9.43. The SMILES string of the molecule is C/C(=C\C(=O)c1cccc(C)c1)N[C@@H](Cc1ccc(OCCc2nc(-c3ccccc3)oc2C)cc1)C(=O)O. The van der Waals surface area contributed by atoms with Crippen molar-refractivity contribution in [3.63, 3.8) is 0 Å². The molecule has 7 nitrogen and oxygen atoms in total. The molecule has 0 aliphatic rings. The lowest BCUT2D eigenvalue weighted by Gasteiger charge is -2.16. The van der Waals surface area contributed by atoms with Crippen LogP contribution in [0, 0.1) is 13.8 Å². The fraction of sp³-hybridized carbons (Fsp3) is 0.219. The summed E-state index contributed by atoms with van der Waals surface area (Å²) in [5.74, 6) is 0.877. The van der Waals surface area contributed by atoms with Gasteiger partial charge in [0.2, 0.25) is 5.89 Å². The van der Waals surface area contributed by atoms with Gasteiger partial charge >= 0.3 is 5.97 Å². The molecule has 0 bridgehead atoms. The number of carboxylic acid groups (broad SMARTS) is 1. The molecule has 0 saturated heterocycles. The Labute approximate surface area is 228 Å². The van der Waals surface area contributed by atoms with Crippen molar-refractivity contribution in [2.24, 2.45) is 0 Å². The summed E-state index contributed by atoms with van der Waals surface area (Å²) in [6.45, 7) is 5.94. The van der Waals surface area contributed by atoms with E-state index in [1.54, 1.807) is 19.1 Å². The Kier molecular flexibility index (Phi) is 8.94. The number of aliphatic carboxylic acids is 1. The van der Waals surface area contributed by atoms with Gasteiger partial charge in [-0.15, -0.1) is 0 Å². The summed E-state index contributed by atoms with van der Waals surface area (Å²) in [6.07, 6.45) is 2.28. The highest BCUT2D eigenvalue weighted by Crippen LogP contribution is 2.22. The molecule has 0 saturated carbocycles. The molecule has 4 rings (SSSR count). The minimum absolute atomic E-state index is 0.175. The van der Waals surface area contributed by atoms with E-state index in [0.29, 0.717) is 35.9 Å². The fourth-order valence-corrected chi connectivity index (χ4v) is 4.18. The Balaban J connectivity index is 1.30. The smallest absolute Gasteiger partial charge is 0.326 e. The van der Waals surface area contributed by atoms with Crippen LogP contribution in [0.3, 0.4) is 0 Å². The van der Waals surface area contributed by atoms with Crippen LogP contribution in [0.2, 0.25) is 0 Å². The molecule has 0 radical (unpaired) electrons. The summed E-state index contributed by atoms with van der Waals surface area (Å²) < 4.78 is 11.7. The largest absolute Gasteiger partial charge is 0.493 e. The number of hydrogen-bond acceptors (Lipinski definition) is 6. The van der Waals surface area contributed by atoms with E-state index >= 15 is 0 Å². The number of allylic oxidation sites excluding steroid dienone is 2. The van der Waals surface area contributed by atoms with Crippen molar-refractivity contribution in [3.05, 3.63) is 119 Å². The standard InChI is InChI=1S/C32H32N2O5/c1-21-8-7-11-26(18-21)30(35)19-22(2)33-29(32(36)37)20-24-12-14-27(15-13-24)38-17-16-28-23(3)39-31(34-28)25-9-5-4-6-10-25/h4-15,18-19,29,33H,16-17,20H2,1-3H3,(H,36,37)/b22-19+/t29-/m0/s1. The molecule has 0 spiro atoms. The number of ether oxygens (including phenoxy) is 1. The zero-order chi connectivity index (χ0) is 27.8. The minimum atomic E-state index is -0.996. The van der Waals surface area contributed by atoms with Crippen molar-refractivity contribution in [3.8, 4) is 17.2 Å². The van der Waals surface area contributed by atoms with Gasteiger partial charge in [-0.2, -0.15) is 0 Å². The third kappa shape index (κ3) is 7.68. The number of benzene rings is 3. The van der Waals surface area contributed by atoms with Crippen LogP contribution >= 0.6 is 0 Å². The van der Waals surface area contributed by atoms with Gasteiger partial charge in [0, 0.05) is 35.7 Å². The molecule has 0 unspecified atom stereocenters. The first-order valence-corrected chi connectivity index (χ1v) is 12.8. The van der Waals surface area contributed by atoms with Crippen LogP contribution in [0.25, 0.3) is 11.5 Å². The predicted molar refractivity (Wildman–Crippen MR) is 150 cm³/mol. The molecule has 1 aromatic heterocycles. The number of aryl methyl sites for hydroxylation is 2. The highest BCUT2D eigenvalue weighted by atomic mass is 16.5. The number of hydrogen-bond donors (Lipinski definition) is 2. The molecule has 1 atom stereocenters. The number of carbonyl (C=O) groups excluding carboxylic acids is 1. The van der Waals surface area contributed by atoms with Gasteiger partial charge in [0.05, 0.1) is 12.3 Å². The lowest BCUT2D eigenvalue weighted by molar-refractivity contribution is -0.139. The molecule has 0 aliphatic heterocycles. The van der Waals surface area contributed by atoms with Gasteiger partial charge in [-0.1, -0.05) is 54.1 Å². The topological polar surface area (TPSA) is 102 Å².